The van der Waals surface area contributed by atoms with Gasteiger partial charge in [0, 0.05) is 7.11 Å². The van der Waals surface area contributed by atoms with E-state index in [1.165, 1.54) is 0 Å². The van der Waals surface area contributed by atoms with E-state index in [1.54, 1.807) is 14.2 Å². The first-order valence-electron chi connectivity index (χ1n) is 3.30. The molecule has 60 valence electrons. The first-order valence-corrected chi connectivity index (χ1v) is 3.30. The highest BCUT2D eigenvalue weighted by molar-refractivity contribution is 5.00. The molecule has 0 aromatic rings. The molecule has 0 aliphatic rings. The molecular formula is C8H16O2. The maximum absolute atomic E-state index is 5.15. The molecule has 10 heavy (non-hydrogen) atoms. The lowest BCUT2D eigenvalue weighted by Gasteiger charge is -2.18. The Morgan fingerprint density at radius 1 is 1.30 bits per heavy atom. The first kappa shape index (κ1) is 9.50. The molecular weight excluding hydrogens is 128 g/mol. The molecule has 0 radical (unpaired) electrons. The summed E-state index contributed by atoms with van der Waals surface area (Å²) >= 11 is 0. The predicted octanol–water partition coefficient (Wildman–Crippen LogP) is 1.96. The van der Waals surface area contributed by atoms with E-state index in [1.807, 2.05) is 26.8 Å². The van der Waals surface area contributed by atoms with Crippen LogP contribution in [0.15, 0.2) is 11.8 Å². The van der Waals surface area contributed by atoms with Crippen LogP contribution in [0.25, 0.3) is 0 Å². The Labute approximate surface area is 62.8 Å². The van der Waals surface area contributed by atoms with Gasteiger partial charge in [0.2, 0.25) is 0 Å². The van der Waals surface area contributed by atoms with E-state index in [2.05, 4.69) is 0 Å². The first-order chi connectivity index (χ1) is 4.52. The van der Waals surface area contributed by atoms with Crippen LogP contribution in [0.3, 0.4) is 0 Å². The van der Waals surface area contributed by atoms with Crippen molar-refractivity contribution in [2.24, 2.45) is 0 Å². The summed E-state index contributed by atoms with van der Waals surface area (Å²) < 4.78 is 10.1. The maximum atomic E-state index is 5.15. The maximum Gasteiger partial charge on any atom is 0.0913 e. The van der Waals surface area contributed by atoms with Gasteiger partial charge in [-0.3, -0.25) is 0 Å². The highest BCUT2D eigenvalue weighted by Crippen LogP contribution is 2.11. The minimum atomic E-state index is -0.222. The lowest BCUT2D eigenvalue weighted by atomic mass is 10.1. The lowest BCUT2D eigenvalue weighted by molar-refractivity contribution is 0.0616. The van der Waals surface area contributed by atoms with Crippen molar-refractivity contribution >= 4 is 0 Å². The summed E-state index contributed by atoms with van der Waals surface area (Å²) in [7, 11) is 3.33. The van der Waals surface area contributed by atoms with Crippen LogP contribution in [0.1, 0.15) is 20.8 Å². The molecule has 0 aliphatic heterocycles. The van der Waals surface area contributed by atoms with E-state index in [9.17, 15) is 0 Å². The van der Waals surface area contributed by atoms with Gasteiger partial charge >= 0.3 is 0 Å². The van der Waals surface area contributed by atoms with Crippen LogP contribution in [-0.2, 0) is 9.47 Å². The summed E-state index contributed by atoms with van der Waals surface area (Å²) in [6.45, 7) is 5.87. The summed E-state index contributed by atoms with van der Waals surface area (Å²) in [6, 6.07) is 0. The van der Waals surface area contributed by atoms with Gasteiger partial charge in [0.1, 0.15) is 0 Å². The van der Waals surface area contributed by atoms with E-state index >= 15 is 0 Å². The summed E-state index contributed by atoms with van der Waals surface area (Å²) in [4.78, 5) is 0. The van der Waals surface area contributed by atoms with Crippen LogP contribution < -0.4 is 0 Å². The van der Waals surface area contributed by atoms with Crippen molar-refractivity contribution < 1.29 is 9.47 Å². The van der Waals surface area contributed by atoms with Gasteiger partial charge in [-0.2, -0.15) is 0 Å². The Balaban J connectivity index is 4.09. The second-order valence-corrected chi connectivity index (χ2v) is 2.77. The molecule has 0 bridgehead atoms. The van der Waals surface area contributed by atoms with Gasteiger partial charge in [0.05, 0.1) is 18.5 Å². The van der Waals surface area contributed by atoms with E-state index in [-0.39, 0.29) is 5.60 Å². The number of allylic oxidation sites excluding steroid dienone is 1. The van der Waals surface area contributed by atoms with Gasteiger partial charge in [-0.05, 0) is 26.8 Å². The van der Waals surface area contributed by atoms with Gasteiger partial charge in [0.15, 0.2) is 0 Å². The third kappa shape index (κ3) is 3.51. The van der Waals surface area contributed by atoms with E-state index in [0.717, 1.165) is 5.76 Å². The van der Waals surface area contributed by atoms with Gasteiger partial charge < -0.3 is 9.47 Å². The van der Waals surface area contributed by atoms with Crippen molar-refractivity contribution in [3.63, 3.8) is 0 Å². The van der Waals surface area contributed by atoms with Crippen molar-refractivity contribution in [1.29, 1.82) is 0 Å². The Hall–Kier alpha value is -0.500. The fourth-order valence-electron chi connectivity index (χ4n) is 0.607. The number of hydrogen-bond acceptors (Lipinski definition) is 2. The smallest absolute Gasteiger partial charge is 0.0913 e. The molecule has 0 fully saturated rings. The second kappa shape index (κ2) is 3.62. The molecule has 0 N–H and O–H groups in total. The van der Waals surface area contributed by atoms with Crippen molar-refractivity contribution in [2.75, 3.05) is 14.2 Å². The van der Waals surface area contributed by atoms with Gasteiger partial charge in [-0.1, -0.05) is 0 Å². The molecule has 0 heterocycles. The van der Waals surface area contributed by atoms with Crippen molar-refractivity contribution in [1.82, 2.24) is 0 Å². The lowest BCUT2D eigenvalue weighted by Crippen LogP contribution is -2.19. The topological polar surface area (TPSA) is 18.5 Å². The third-order valence-corrected chi connectivity index (χ3v) is 1.40. The monoisotopic (exact) mass is 144 g/mol. The van der Waals surface area contributed by atoms with Crippen LogP contribution in [0.2, 0.25) is 0 Å². The fraction of sp³-hybridized carbons (Fsp3) is 0.750. The summed E-state index contributed by atoms with van der Waals surface area (Å²) in [5, 5.41) is 0. The SMILES string of the molecule is CO/C(C)=C\C(C)(C)OC. The minimum Gasteiger partial charge on any atom is -0.502 e. The van der Waals surface area contributed by atoms with E-state index < -0.39 is 0 Å². The van der Waals surface area contributed by atoms with Crippen LogP contribution in [0.5, 0.6) is 0 Å². The number of methoxy groups -OCH3 is 2. The average molecular weight is 144 g/mol. The summed E-state index contributed by atoms with van der Waals surface area (Å²) in [5.41, 5.74) is -0.222. The second-order valence-electron chi connectivity index (χ2n) is 2.77. The van der Waals surface area contributed by atoms with Gasteiger partial charge in [0.25, 0.3) is 0 Å². The Morgan fingerprint density at radius 2 is 1.80 bits per heavy atom. The van der Waals surface area contributed by atoms with E-state index in [4.69, 9.17) is 9.47 Å². The number of rotatable bonds is 3. The van der Waals surface area contributed by atoms with Crippen LogP contribution in [-0.4, -0.2) is 19.8 Å². The number of hydrogen-bond donors (Lipinski definition) is 0. The van der Waals surface area contributed by atoms with Gasteiger partial charge in [-0.25, -0.2) is 0 Å². The Morgan fingerprint density at radius 3 is 2.10 bits per heavy atom. The molecule has 0 unspecified atom stereocenters. The molecule has 0 saturated heterocycles. The van der Waals surface area contributed by atoms with Crippen molar-refractivity contribution in [3.8, 4) is 0 Å². The highest BCUT2D eigenvalue weighted by Gasteiger charge is 2.12. The fourth-order valence-corrected chi connectivity index (χ4v) is 0.607. The van der Waals surface area contributed by atoms with Gasteiger partial charge in [-0.15, -0.1) is 0 Å². The third-order valence-electron chi connectivity index (χ3n) is 1.40. The zero-order chi connectivity index (χ0) is 8.20. The molecule has 2 heteroatoms. The molecule has 0 saturated carbocycles. The number of ether oxygens (including phenoxy) is 2. The summed E-state index contributed by atoms with van der Waals surface area (Å²) in [6.07, 6.45) is 1.94. The quantitative estimate of drug-likeness (QED) is 0.564. The van der Waals surface area contributed by atoms with Crippen LogP contribution in [0.4, 0.5) is 0 Å². The Bertz CT molecular complexity index is 125. The zero-order valence-corrected chi connectivity index (χ0v) is 7.39. The standard InChI is InChI=1S/C8H16O2/c1-7(9-4)6-8(2,3)10-5/h6H,1-5H3/b7-6-. The highest BCUT2D eigenvalue weighted by atomic mass is 16.5. The zero-order valence-electron chi connectivity index (χ0n) is 7.39. The summed E-state index contributed by atoms with van der Waals surface area (Å²) in [5.74, 6) is 0.881. The van der Waals surface area contributed by atoms with Crippen molar-refractivity contribution in [2.45, 2.75) is 26.4 Å². The predicted molar refractivity (Wildman–Crippen MR) is 41.9 cm³/mol. The molecule has 0 aromatic heterocycles. The molecule has 0 atom stereocenters. The van der Waals surface area contributed by atoms with Crippen LogP contribution >= 0.6 is 0 Å². The Kier molecular flexibility index (Phi) is 3.43. The molecule has 0 rings (SSSR count). The van der Waals surface area contributed by atoms with Crippen molar-refractivity contribution in [3.05, 3.63) is 11.8 Å². The van der Waals surface area contributed by atoms with E-state index in [0.29, 0.717) is 0 Å². The van der Waals surface area contributed by atoms with Crippen LogP contribution in [0, 0.1) is 0 Å². The minimum absolute atomic E-state index is 0.222. The molecule has 2 nitrogen and oxygen atoms in total. The normalized spacial score (nSPS) is 13.5. The average Bonchev–Trinajstić information content (AvgIpc) is 1.87. The molecule has 0 amide bonds. The molecule has 0 aliphatic carbocycles. The molecule has 0 aromatic carbocycles. The largest absolute Gasteiger partial charge is 0.502 e. The molecule has 0 spiro atoms.